The number of alkyl carbamates (subject to hydrolysis) is 1. The zero-order valence-corrected chi connectivity index (χ0v) is 18.3. The summed E-state index contributed by atoms with van der Waals surface area (Å²) < 4.78 is 5.50. The van der Waals surface area contributed by atoms with Crippen LogP contribution >= 0.6 is 11.8 Å². The van der Waals surface area contributed by atoms with Crippen molar-refractivity contribution in [2.75, 3.05) is 18.6 Å². The van der Waals surface area contributed by atoms with Crippen molar-refractivity contribution in [2.24, 2.45) is 0 Å². The summed E-state index contributed by atoms with van der Waals surface area (Å²) in [6.07, 6.45) is 1.55. The van der Waals surface area contributed by atoms with Crippen LogP contribution in [0, 0.1) is 0 Å². The number of nitrogens with one attached hydrogen (secondary N) is 2. The molecule has 2 aromatic carbocycles. The van der Waals surface area contributed by atoms with Crippen molar-refractivity contribution >= 4 is 29.7 Å². The van der Waals surface area contributed by atoms with Crippen LogP contribution in [-0.2, 0) is 14.3 Å². The van der Waals surface area contributed by atoms with E-state index in [1.165, 1.54) is 18.7 Å². The van der Waals surface area contributed by atoms with E-state index in [9.17, 15) is 14.4 Å². The van der Waals surface area contributed by atoms with Crippen molar-refractivity contribution in [1.82, 2.24) is 10.6 Å². The van der Waals surface area contributed by atoms with E-state index in [-0.39, 0.29) is 12.5 Å². The zero-order chi connectivity index (χ0) is 22.4. The van der Waals surface area contributed by atoms with E-state index in [1.54, 1.807) is 0 Å². The third-order valence-electron chi connectivity index (χ3n) is 5.29. The lowest BCUT2D eigenvalue weighted by atomic mass is 9.98. The second kappa shape index (κ2) is 10.3. The molecule has 0 saturated heterocycles. The van der Waals surface area contributed by atoms with E-state index >= 15 is 0 Å². The predicted molar refractivity (Wildman–Crippen MR) is 120 cm³/mol. The first kappa shape index (κ1) is 22.7. The highest BCUT2D eigenvalue weighted by Crippen LogP contribution is 2.44. The van der Waals surface area contributed by atoms with Gasteiger partial charge in [-0.3, -0.25) is 9.59 Å². The summed E-state index contributed by atoms with van der Waals surface area (Å²) in [6.45, 7) is 1.52. The average Bonchev–Trinajstić information content (AvgIpc) is 3.08. The molecule has 0 bridgehead atoms. The zero-order valence-electron chi connectivity index (χ0n) is 17.5. The normalized spacial score (nSPS) is 14.1. The van der Waals surface area contributed by atoms with Gasteiger partial charge in [-0.25, -0.2) is 4.79 Å². The number of amides is 2. The van der Waals surface area contributed by atoms with Crippen LogP contribution in [0.4, 0.5) is 4.79 Å². The third-order valence-corrected chi connectivity index (χ3v) is 5.94. The summed E-state index contributed by atoms with van der Waals surface area (Å²) >= 11 is 1.53. The van der Waals surface area contributed by atoms with Gasteiger partial charge in [0.25, 0.3) is 0 Å². The van der Waals surface area contributed by atoms with Gasteiger partial charge in [-0.1, -0.05) is 48.5 Å². The Morgan fingerprint density at radius 2 is 1.61 bits per heavy atom. The number of hydrogen-bond donors (Lipinski definition) is 3. The summed E-state index contributed by atoms with van der Waals surface area (Å²) in [5.74, 6) is -1.14. The van der Waals surface area contributed by atoms with Gasteiger partial charge in [0.15, 0.2) is 0 Å². The molecule has 2 atom stereocenters. The first-order chi connectivity index (χ1) is 14.9. The lowest BCUT2D eigenvalue weighted by molar-refractivity contribution is -0.141. The quantitative estimate of drug-likeness (QED) is 0.551. The fourth-order valence-corrected chi connectivity index (χ4v) is 4.13. The Balaban J connectivity index is 1.65. The van der Waals surface area contributed by atoms with Crippen molar-refractivity contribution in [3.63, 3.8) is 0 Å². The first-order valence-electron chi connectivity index (χ1n) is 10.1. The number of fused-ring (bicyclic) bond motifs is 3. The summed E-state index contributed by atoms with van der Waals surface area (Å²) in [4.78, 5) is 35.9. The fourth-order valence-electron chi connectivity index (χ4n) is 3.66. The Morgan fingerprint density at radius 1 is 1.03 bits per heavy atom. The van der Waals surface area contributed by atoms with Gasteiger partial charge < -0.3 is 20.5 Å². The lowest BCUT2D eigenvalue weighted by Gasteiger charge is -2.20. The van der Waals surface area contributed by atoms with E-state index in [4.69, 9.17) is 9.84 Å². The largest absolute Gasteiger partial charge is 0.480 e. The molecule has 0 spiro atoms. The summed E-state index contributed by atoms with van der Waals surface area (Å²) in [5, 5.41) is 14.0. The topological polar surface area (TPSA) is 105 Å². The van der Waals surface area contributed by atoms with Crippen molar-refractivity contribution in [3.05, 3.63) is 59.7 Å². The minimum Gasteiger partial charge on any atom is -0.480 e. The van der Waals surface area contributed by atoms with Crippen molar-refractivity contribution < 1.29 is 24.2 Å². The molecule has 0 fully saturated rings. The van der Waals surface area contributed by atoms with Crippen LogP contribution in [0.3, 0.4) is 0 Å². The number of ether oxygens (including phenoxy) is 1. The Hall–Kier alpha value is -3.00. The van der Waals surface area contributed by atoms with E-state index < -0.39 is 30.1 Å². The maximum Gasteiger partial charge on any atom is 0.407 e. The van der Waals surface area contributed by atoms with Gasteiger partial charge in [0.2, 0.25) is 5.91 Å². The number of aliphatic carboxylic acids is 1. The van der Waals surface area contributed by atoms with E-state index in [0.717, 1.165) is 22.3 Å². The Bertz CT molecular complexity index is 919. The molecule has 0 radical (unpaired) electrons. The molecule has 31 heavy (non-hydrogen) atoms. The highest BCUT2D eigenvalue weighted by atomic mass is 32.2. The molecule has 2 aromatic rings. The number of thioether (sulfide) groups is 1. The van der Waals surface area contributed by atoms with Gasteiger partial charge in [0.1, 0.15) is 18.7 Å². The molecule has 0 heterocycles. The van der Waals surface area contributed by atoms with Crippen LogP contribution in [0.15, 0.2) is 48.5 Å². The first-order valence-corrected chi connectivity index (χ1v) is 11.5. The standard InChI is InChI=1S/C23H26N2O5S/c1-14(22(27)28)24-21(26)20(11-12-31-2)25-23(29)30-13-19-17-9-5-3-7-15(17)16-8-4-6-10-18(16)19/h3-10,14,19-20H,11-13H2,1-2H3,(H,24,26)(H,25,29)(H,27,28)/t14-,20+/m1/s1. The molecule has 3 N–H and O–H groups in total. The smallest absolute Gasteiger partial charge is 0.407 e. The monoisotopic (exact) mass is 442 g/mol. The SMILES string of the molecule is CSCC[C@H](NC(=O)OCC1c2ccccc2-c2ccccc21)C(=O)N[C@H](C)C(=O)O. The molecule has 7 nitrogen and oxygen atoms in total. The Labute approximate surface area is 185 Å². The molecule has 1 aliphatic rings. The molecule has 0 aromatic heterocycles. The molecule has 0 unspecified atom stereocenters. The van der Waals surface area contributed by atoms with Crippen LogP contribution < -0.4 is 10.6 Å². The average molecular weight is 443 g/mol. The van der Waals surface area contributed by atoms with Crippen molar-refractivity contribution in [3.8, 4) is 11.1 Å². The minimum absolute atomic E-state index is 0.0799. The molecular weight excluding hydrogens is 416 g/mol. The molecular formula is C23H26N2O5S. The molecule has 0 saturated carbocycles. The molecule has 1 aliphatic carbocycles. The third kappa shape index (κ3) is 5.38. The predicted octanol–water partition coefficient (Wildman–Crippen LogP) is 3.24. The van der Waals surface area contributed by atoms with Gasteiger partial charge >= 0.3 is 12.1 Å². The molecule has 8 heteroatoms. The molecule has 164 valence electrons. The summed E-state index contributed by atoms with van der Waals surface area (Å²) in [5.41, 5.74) is 4.46. The van der Waals surface area contributed by atoms with E-state index in [2.05, 4.69) is 22.8 Å². The maximum absolute atomic E-state index is 12.5. The van der Waals surface area contributed by atoms with Crippen molar-refractivity contribution in [2.45, 2.75) is 31.3 Å². The number of carbonyl (C=O) groups is 3. The Kier molecular flexibility index (Phi) is 7.57. The Morgan fingerprint density at radius 3 is 2.16 bits per heavy atom. The van der Waals surface area contributed by atoms with Gasteiger partial charge in [-0.05, 0) is 47.6 Å². The molecule has 3 rings (SSSR count). The minimum atomic E-state index is -1.14. The molecule has 2 amide bonds. The van der Waals surface area contributed by atoms with Gasteiger partial charge in [0, 0.05) is 5.92 Å². The number of benzene rings is 2. The second-order valence-corrected chi connectivity index (χ2v) is 8.36. The van der Waals surface area contributed by atoms with Crippen LogP contribution in [0.2, 0.25) is 0 Å². The number of carboxylic acids is 1. The van der Waals surface area contributed by atoms with E-state index in [1.807, 2.05) is 42.7 Å². The highest BCUT2D eigenvalue weighted by molar-refractivity contribution is 7.98. The van der Waals surface area contributed by atoms with Crippen LogP contribution in [-0.4, -0.2) is 53.8 Å². The highest BCUT2D eigenvalue weighted by Gasteiger charge is 2.30. The van der Waals surface area contributed by atoms with Gasteiger partial charge in [-0.2, -0.15) is 11.8 Å². The summed E-state index contributed by atoms with van der Waals surface area (Å²) in [6, 6.07) is 14.2. The lowest BCUT2D eigenvalue weighted by Crippen LogP contribution is -2.51. The second-order valence-electron chi connectivity index (χ2n) is 7.37. The van der Waals surface area contributed by atoms with E-state index in [0.29, 0.717) is 12.2 Å². The van der Waals surface area contributed by atoms with Gasteiger partial charge in [0.05, 0.1) is 0 Å². The van der Waals surface area contributed by atoms with Gasteiger partial charge in [-0.15, -0.1) is 0 Å². The van der Waals surface area contributed by atoms with Crippen LogP contribution in [0.1, 0.15) is 30.4 Å². The van der Waals surface area contributed by atoms with Crippen LogP contribution in [0.25, 0.3) is 11.1 Å². The molecule has 0 aliphatic heterocycles. The summed E-state index contributed by atoms with van der Waals surface area (Å²) in [7, 11) is 0. The number of rotatable bonds is 9. The fraction of sp³-hybridized carbons (Fsp3) is 0.348. The number of carboxylic acid groups (broad SMARTS) is 1. The maximum atomic E-state index is 12.5. The number of carbonyl (C=O) groups excluding carboxylic acids is 2. The van der Waals surface area contributed by atoms with Crippen molar-refractivity contribution in [1.29, 1.82) is 0 Å². The van der Waals surface area contributed by atoms with Crippen LogP contribution in [0.5, 0.6) is 0 Å². The number of hydrogen-bond acceptors (Lipinski definition) is 5.